The van der Waals surface area contributed by atoms with Crippen molar-refractivity contribution in [1.29, 1.82) is 0 Å². The van der Waals surface area contributed by atoms with Gasteiger partial charge in [0.05, 0.1) is 19.0 Å². The van der Waals surface area contributed by atoms with Gasteiger partial charge >= 0.3 is 0 Å². The monoisotopic (exact) mass is 196 g/mol. The number of ether oxygens (including phenoxy) is 1. The van der Waals surface area contributed by atoms with Crippen molar-refractivity contribution >= 4 is 22.6 Å². The number of aromatic nitrogens is 2. The average molecular weight is 197 g/mol. The van der Waals surface area contributed by atoms with E-state index in [9.17, 15) is 0 Å². The number of hydrogen-bond donors (Lipinski definition) is 1. The van der Waals surface area contributed by atoms with Gasteiger partial charge in [-0.15, -0.1) is 11.6 Å². The largest absolute Gasteiger partial charge is 0.494 e. The maximum atomic E-state index is 5.73. The van der Waals surface area contributed by atoms with Crippen LogP contribution in [0.3, 0.4) is 0 Å². The highest BCUT2D eigenvalue weighted by molar-refractivity contribution is 6.17. The van der Waals surface area contributed by atoms with E-state index in [0.717, 1.165) is 22.3 Å². The summed E-state index contributed by atoms with van der Waals surface area (Å²) in [5.74, 6) is 1.24. The molecule has 2 rings (SSSR count). The number of benzene rings is 1. The second-order valence-corrected chi connectivity index (χ2v) is 3.00. The molecule has 0 aliphatic heterocycles. The van der Waals surface area contributed by atoms with E-state index in [0.29, 0.717) is 5.88 Å². The normalized spacial score (nSPS) is 10.6. The van der Waals surface area contributed by atoms with E-state index in [1.807, 2.05) is 12.1 Å². The predicted molar refractivity (Wildman–Crippen MR) is 52.2 cm³/mol. The lowest BCUT2D eigenvalue weighted by atomic mass is 10.2. The summed E-state index contributed by atoms with van der Waals surface area (Å²) >= 11 is 5.73. The van der Waals surface area contributed by atoms with E-state index in [2.05, 4.69) is 9.97 Å². The fourth-order valence-corrected chi connectivity index (χ4v) is 1.46. The van der Waals surface area contributed by atoms with Crippen LogP contribution in [0.1, 0.15) is 5.56 Å². The third-order valence-corrected chi connectivity index (χ3v) is 2.23. The third-order valence-electron chi connectivity index (χ3n) is 1.92. The highest BCUT2D eigenvalue weighted by Crippen LogP contribution is 2.25. The number of hydrogen-bond acceptors (Lipinski definition) is 2. The minimum absolute atomic E-state index is 0.478. The Bertz CT molecular complexity index is 424. The second-order valence-electron chi connectivity index (χ2n) is 2.73. The van der Waals surface area contributed by atoms with E-state index in [4.69, 9.17) is 16.3 Å². The Morgan fingerprint density at radius 1 is 1.54 bits per heavy atom. The maximum absolute atomic E-state index is 5.73. The van der Waals surface area contributed by atoms with Crippen LogP contribution in [-0.4, -0.2) is 17.1 Å². The van der Waals surface area contributed by atoms with E-state index in [1.54, 1.807) is 13.4 Å². The molecule has 0 amide bonds. The van der Waals surface area contributed by atoms with Crippen molar-refractivity contribution in [1.82, 2.24) is 9.97 Å². The summed E-state index contributed by atoms with van der Waals surface area (Å²) in [5.41, 5.74) is 2.82. The van der Waals surface area contributed by atoms with Crippen molar-refractivity contribution in [3.8, 4) is 5.75 Å². The van der Waals surface area contributed by atoms with Gasteiger partial charge in [-0.25, -0.2) is 4.98 Å². The van der Waals surface area contributed by atoms with Crippen molar-refractivity contribution in [3.63, 3.8) is 0 Å². The molecular weight excluding hydrogens is 188 g/mol. The van der Waals surface area contributed by atoms with Crippen molar-refractivity contribution in [2.24, 2.45) is 0 Å². The molecule has 0 aliphatic rings. The third kappa shape index (κ3) is 1.35. The van der Waals surface area contributed by atoms with Crippen molar-refractivity contribution in [2.75, 3.05) is 7.11 Å². The predicted octanol–water partition coefficient (Wildman–Crippen LogP) is 2.31. The lowest BCUT2D eigenvalue weighted by Gasteiger charge is -2.02. The minimum Gasteiger partial charge on any atom is -0.494 e. The molecular formula is C9H9ClN2O. The number of alkyl halides is 1. The molecule has 1 aromatic carbocycles. The maximum Gasteiger partial charge on any atom is 0.146 e. The van der Waals surface area contributed by atoms with Crippen LogP contribution in [0.15, 0.2) is 18.5 Å². The Kier molecular flexibility index (Phi) is 2.10. The Hall–Kier alpha value is -1.22. The van der Waals surface area contributed by atoms with Gasteiger partial charge in [-0.2, -0.15) is 0 Å². The molecule has 0 saturated carbocycles. The summed E-state index contributed by atoms with van der Waals surface area (Å²) < 4.78 is 5.19. The number of nitrogens with one attached hydrogen (secondary N) is 1. The highest BCUT2D eigenvalue weighted by Gasteiger charge is 2.05. The van der Waals surface area contributed by atoms with Gasteiger partial charge in [0.15, 0.2) is 0 Å². The summed E-state index contributed by atoms with van der Waals surface area (Å²) in [6, 6.07) is 3.87. The van der Waals surface area contributed by atoms with Crippen LogP contribution in [0.2, 0.25) is 0 Å². The van der Waals surface area contributed by atoms with Crippen molar-refractivity contribution in [2.45, 2.75) is 5.88 Å². The summed E-state index contributed by atoms with van der Waals surface area (Å²) in [4.78, 5) is 7.16. The van der Waals surface area contributed by atoms with Crippen LogP contribution in [0.4, 0.5) is 0 Å². The Morgan fingerprint density at radius 2 is 2.38 bits per heavy atom. The first-order valence-corrected chi connectivity index (χ1v) is 4.44. The van der Waals surface area contributed by atoms with Crippen LogP contribution in [0, 0.1) is 0 Å². The molecule has 0 unspecified atom stereocenters. The molecule has 0 saturated heterocycles. The second kappa shape index (κ2) is 3.26. The molecule has 0 radical (unpaired) electrons. The van der Waals surface area contributed by atoms with Crippen LogP contribution in [-0.2, 0) is 5.88 Å². The quantitative estimate of drug-likeness (QED) is 0.749. The van der Waals surface area contributed by atoms with Gasteiger partial charge in [0.2, 0.25) is 0 Å². The Morgan fingerprint density at radius 3 is 3.08 bits per heavy atom. The SMILES string of the molecule is COc1cc(CCl)cc2[nH]cnc12. The molecule has 68 valence electrons. The van der Waals surface area contributed by atoms with Gasteiger partial charge in [-0.3, -0.25) is 0 Å². The van der Waals surface area contributed by atoms with E-state index in [1.165, 1.54) is 0 Å². The molecule has 0 atom stereocenters. The Balaban J connectivity index is 2.70. The fraction of sp³-hybridized carbons (Fsp3) is 0.222. The number of methoxy groups -OCH3 is 1. The number of nitrogens with zero attached hydrogens (tertiary/aromatic N) is 1. The lowest BCUT2D eigenvalue weighted by molar-refractivity contribution is 0.418. The number of aromatic amines is 1. The van der Waals surface area contributed by atoms with Crippen LogP contribution in [0.25, 0.3) is 11.0 Å². The zero-order valence-corrected chi connectivity index (χ0v) is 7.93. The number of imidazole rings is 1. The molecule has 0 fully saturated rings. The lowest BCUT2D eigenvalue weighted by Crippen LogP contribution is -1.87. The van der Waals surface area contributed by atoms with Gasteiger partial charge in [-0.1, -0.05) is 0 Å². The number of rotatable bonds is 2. The number of halogens is 1. The van der Waals surface area contributed by atoms with E-state index in [-0.39, 0.29) is 0 Å². The van der Waals surface area contributed by atoms with Gasteiger partial charge in [0.1, 0.15) is 11.3 Å². The molecule has 0 bridgehead atoms. The summed E-state index contributed by atoms with van der Waals surface area (Å²) in [5, 5.41) is 0. The summed E-state index contributed by atoms with van der Waals surface area (Å²) in [6.07, 6.45) is 1.64. The molecule has 13 heavy (non-hydrogen) atoms. The minimum atomic E-state index is 0.478. The molecule has 3 nitrogen and oxygen atoms in total. The molecule has 0 spiro atoms. The Labute approximate surface area is 80.7 Å². The highest BCUT2D eigenvalue weighted by atomic mass is 35.5. The van der Waals surface area contributed by atoms with E-state index >= 15 is 0 Å². The average Bonchev–Trinajstić information content (AvgIpc) is 2.63. The van der Waals surface area contributed by atoms with Crippen LogP contribution in [0.5, 0.6) is 5.75 Å². The summed E-state index contributed by atoms with van der Waals surface area (Å²) in [7, 11) is 1.63. The zero-order valence-electron chi connectivity index (χ0n) is 7.17. The number of fused-ring (bicyclic) bond motifs is 1. The standard InChI is InChI=1S/C9H9ClN2O/c1-13-8-3-6(4-10)2-7-9(8)12-5-11-7/h2-3,5H,4H2,1H3,(H,11,12). The fourth-order valence-electron chi connectivity index (χ4n) is 1.31. The zero-order chi connectivity index (χ0) is 9.26. The van der Waals surface area contributed by atoms with Gasteiger partial charge in [0.25, 0.3) is 0 Å². The first-order chi connectivity index (χ1) is 6.35. The molecule has 1 aromatic heterocycles. The summed E-state index contributed by atoms with van der Waals surface area (Å²) in [6.45, 7) is 0. The van der Waals surface area contributed by atoms with Gasteiger partial charge in [0, 0.05) is 5.88 Å². The van der Waals surface area contributed by atoms with Gasteiger partial charge in [-0.05, 0) is 17.7 Å². The van der Waals surface area contributed by atoms with Crippen molar-refractivity contribution in [3.05, 3.63) is 24.0 Å². The van der Waals surface area contributed by atoms with Crippen LogP contribution >= 0.6 is 11.6 Å². The topological polar surface area (TPSA) is 37.9 Å². The smallest absolute Gasteiger partial charge is 0.146 e. The molecule has 2 aromatic rings. The molecule has 1 heterocycles. The van der Waals surface area contributed by atoms with E-state index < -0.39 is 0 Å². The number of H-pyrrole nitrogens is 1. The van der Waals surface area contributed by atoms with Gasteiger partial charge < -0.3 is 9.72 Å². The molecule has 4 heteroatoms. The molecule has 1 N–H and O–H groups in total. The van der Waals surface area contributed by atoms with Crippen LogP contribution < -0.4 is 4.74 Å². The van der Waals surface area contributed by atoms with Crippen molar-refractivity contribution < 1.29 is 4.74 Å². The molecule has 0 aliphatic carbocycles. The first kappa shape index (κ1) is 8.38. The first-order valence-electron chi connectivity index (χ1n) is 3.91.